The summed E-state index contributed by atoms with van der Waals surface area (Å²) in [5, 5.41) is 0. The molecule has 120 valence electrons. The second-order valence-corrected chi connectivity index (χ2v) is 17.0. The molecule has 2 aliphatic carbocycles. The van der Waals surface area contributed by atoms with E-state index in [1.165, 1.54) is 18.9 Å². The van der Waals surface area contributed by atoms with Gasteiger partial charge in [0, 0.05) is 0 Å². The van der Waals surface area contributed by atoms with Crippen molar-refractivity contribution in [1.29, 1.82) is 0 Å². The van der Waals surface area contributed by atoms with Crippen molar-refractivity contribution in [3.05, 3.63) is 60.3 Å². The molecule has 0 spiro atoms. The van der Waals surface area contributed by atoms with E-state index in [9.17, 15) is 0 Å². The molecule has 0 nitrogen and oxygen atoms in total. The molecule has 1 atom stereocenters. The maximum atomic E-state index is 2.62. The minimum absolute atomic E-state index is 0. The number of benzene rings is 1. The zero-order valence-electron chi connectivity index (χ0n) is 13.5. The van der Waals surface area contributed by atoms with Gasteiger partial charge in [0.2, 0.25) is 0 Å². The van der Waals surface area contributed by atoms with Gasteiger partial charge in [-0.1, -0.05) is 0 Å². The van der Waals surface area contributed by atoms with Gasteiger partial charge in [-0.05, 0) is 0 Å². The van der Waals surface area contributed by atoms with E-state index in [4.69, 9.17) is 0 Å². The van der Waals surface area contributed by atoms with E-state index in [0.29, 0.717) is 0 Å². The molecule has 0 saturated carbocycles. The van der Waals surface area contributed by atoms with Gasteiger partial charge in [0.05, 0.1) is 0 Å². The quantitative estimate of drug-likeness (QED) is 0.462. The summed E-state index contributed by atoms with van der Waals surface area (Å²) < 4.78 is 3.73. The molecule has 1 saturated heterocycles. The summed E-state index contributed by atoms with van der Waals surface area (Å²) in [6.45, 7) is 2.48. The van der Waals surface area contributed by atoms with Crippen molar-refractivity contribution in [3.8, 4) is 0 Å². The Labute approximate surface area is 164 Å². The van der Waals surface area contributed by atoms with Crippen LogP contribution >= 0.6 is 0 Å². The molecular weight excluding hydrogens is 506 g/mol. The molecule has 0 radical (unpaired) electrons. The van der Waals surface area contributed by atoms with Crippen molar-refractivity contribution in [2.75, 3.05) is 0 Å². The van der Waals surface area contributed by atoms with E-state index in [0.717, 1.165) is 5.54 Å². The van der Waals surface area contributed by atoms with Gasteiger partial charge in [0.25, 0.3) is 0 Å². The SMILES string of the molecule is CC[Si]1(C2[C]([Hf+2][C]3=CC=CC3)=Cc3ccccc32)CCC1.[Cl-].[Cl-]. The first-order valence-corrected chi connectivity index (χ1v) is 14.5. The number of fused-ring (bicyclic) bond motifs is 1. The van der Waals surface area contributed by atoms with Crippen LogP contribution in [0.2, 0.25) is 18.1 Å². The van der Waals surface area contributed by atoms with Crippen molar-refractivity contribution >= 4 is 14.1 Å². The van der Waals surface area contributed by atoms with E-state index in [1.54, 1.807) is 26.5 Å². The first-order chi connectivity index (χ1) is 10.3. The summed E-state index contributed by atoms with van der Waals surface area (Å²) in [6, 6.07) is 13.9. The summed E-state index contributed by atoms with van der Waals surface area (Å²) in [4.78, 5) is 0. The maximum absolute atomic E-state index is 2.62. The normalized spacial score (nSPS) is 22.7. The standard InChI is InChI=1S/C14H17Si.C5H5.2ClH.Hf/c1-2-15(10-5-11-15)14-9-8-12-6-3-4-7-13(12)14;1-2-4-5-3-1;;;/h3-4,6-8,14H,2,5,10-11H2,1H3;1-3H,4H2;2*1H;/q;;;;+2/p-2. The Hall–Kier alpha value is 0.107. The van der Waals surface area contributed by atoms with Gasteiger partial charge in [0.15, 0.2) is 0 Å². The molecule has 1 aliphatic heterocycles. The van der Waals surface area contributed by atoms with Gasteiger partial charge in [0.1, 0.15) is 0 Å². The number of allylic oxidation sites excluding steroid dienone is 5. The van der Waals surface area contributed by atoms with Crippen molar-refractivity contribution in [2.24, 2.45) is 0 Å². The molecule has 4 rings (SSSR count). The number of hydrogen-bond acceptors (Lipinski definition) is 0. The molecule has 23 heavy (non-hydrogen) atoms. The minimum atomic E-state index is -1.04. The smallest absolute Gasteiger partial charge is 1.00 e. The van der Waals surface area contributed by atoms with Gasteiger partial charge in [-0.3, -0.25) is 0 Å². The van der Waals surface area contributed by atoms with Crippen LogP contribution in [0.15, 0.2) is 49.2 Å². The van der Waals surface area contributed by atoms with Crippen LogP contribution in [0.1, 0.15) is 36.4 Å². The monoisotopic (exact) mass is 528 g/mol. The minimum Gasteiger partial charge on any atom is -1.00 e. The average Bonchev–Trinajstić information content (AvgIpc) is 3.08. The van der Waals surface area contributed by atoms with Crippen LogP contribution in [0.5, 0.6) is 0 Å². The fraction of sp³-hybridized carbons (Fsp3) is 0.368. The Morgan fingerprint density at radius 2 is 1.96 bits per heavy atom. The molecule has 3 aliphatic rings. The van der Waals surface area contributed by atoms with Crippen LogP contribution in [0.3, 0.4) is 0 Å². The predicted molar refractivity (Wildman–Crippen MR) is 89.5 cm³/mol. The molecular formula is C19H22Cl2HfSi. The molecule has 1 heterocycles. The van der Waals surface area contributed by atoms with Crippen molar-refractivity contribution in [2.45, 2.75) is 43.4 Å². The summed E-state index contributed by atoms with van der Waals surface area (Å²) in [7, 11) is -1.04. The Bertz CT molecular complexity index is 654. The first kappa shape index (κ1) is 19.4. The predicted octanol–water partition coefficient (Wildman–Crippen LogP) is -0.529. The zero-order chi connectivity index (χ0) is 14.3. The van der Waals surface area contributed by atoms with Gasteiger partial charge in [-0.15, -0.1) is 0 Å². The van der Waals surface area contributed by atoms with Crippen molar-refractivity contribution in [3.63, 3.8) is 0 Å². The van der Waals surface area contributed by atoms with Crippen LogP contribution in [0.4, 0.5) is 0 Å². The Balaban J connectivity index is 0.000000960. The zero-order valence-corrected chi connectivity index (χ0v) is 19.6. The Morgan fingerprint density at radius 1 is 1.17 bits per heavy atom. The third kappa shape index (κ3) is 3.42. The third-order valence-electron chi connectivity index (χ3n) is 5.67. The molecule has 1 fully saturated rings. The van der Waals surface area contributed by atoms with Gasteiger partial charge >= 0.3 is 141 Å². The Morgan fingerprint density at radius 3 is 2.57 bits per heavy atom. The summed E-state index contributed by atoms with van der Waals surface area (Å²) in [5.74, 6) is 0. The van der Waals surface area contributed by atoms with Crippen LogP contribution in [-0.2, 0) is 22.9 Å². The second kappa shape index (κ2) is 7.99. The molecule has 0 N–H and O–H groups in total. The molecule has 0 amide bonds. The summed E-state index contributed by atoms with van der Waals surface area (Å²) >= 11 is -0.788. The fourth-order valence-electron chi connectivity index (χ4n) is 4.29. The number of halogens is 2. The van der Waals surface area contributed by atoms with Crippen LogP contribution < -0.4 is 24.8 Å². The van der Waals surface area contributed by atoms with Crippen molar-refractivity contribution < 1.29 is 47.7 Å². The summed E-state index contributed by atoms with van der Waals surface area (Å²) in [6.07, 6.45) is 12.4. The third-order valence-corrected chi connectivity index (χ3v) is 17.7. The molecule has 0 aromatic heterocycles. The van der Waals surface area contributed by atoms with Crippen LogP contribution in [-0.4, -0.2) is 8.07 Å². The summed E-state index contributed by atoms with van der Waals surface area (Å²) in [5.41, 5.74) is 4.17. The van der Waals surface area contributed by atoms with Crippen molar-refractivity contribution in [1.82, 2.24) is 0 Å². The average molecular weight is 528 g/mol. The molecule has 4 heteroatoms. The van der Waals surface area contributed by atoms with E-state index < -0.39 is 31.0 Å². The fourth-order valence-corrected chi connectivity index (χ4v) is 17.5. The van der Waals surface area contributed by atoms with E-state index in [2.05, 4.69) is 55.5 Å². The van der Waals surface area contributed by atoms with Gasteiger partial charge in [-0.25, -0.2) is 0 Å². The molecule has 1 aromatic carbocycles. The largest absolute Gasteiger partial charge is 1.00 e. The second-order valence-electron chi connectivity index (χ2n) is 6.68. The molecule has 1 unspecified atom stereocenters. The van der Waals surface area contributed by atoms with E-state index in [1.807, 2.05) is 3.33 Å². The Kier molecular flexibility index (Phi) is 6.75. The molecule has 0 bridgehead atoms. The number of hydrogen-bond donors (Lipinski definition) is 0. The van der Waals surface area contributed by atoms with Gasteiger partial charge < -0.3 is 24.8 Å². The number of rotatable bonds is 4. The maximum Gasteiger partial charge on any atom is -1.00 e. The van der Waals surface area contributed by atoms with Crippen LogP contribution in [0, 0.1) is 0 Å². The molecule has 1 aromatic rings. The first-order valence-electron chi connectivity index (χ1n) is 8.26. The van der Waals surface area contributed by atoms with Crippen LogP contribution in [0.25, 0.3) is 6.08 Å². The van der Waals surface area contributed by atoms with Gasteiger partial charge in [-0.2, -0.15) is 0 Å². The van der Waals surface area contributed by atoms with E-state index in [-0.39, 0.29) is 24.8 Å². The van der Waals surface area contributed by atoms with E-state index >= 15 is 0 Å². The topological polar surface area (TPSA) is 0 Å².